The van der Waals surface area contributed by atoms with E-state index in [0.29, 0.717) is 5.56 Å². The molecule has 0 saturated heterocycles. The molecule has 0 aromatic carbocycles. The monoisotopic (exact) mass is 417 g/mol. The summed E-state index contributed by atoms with van der Waals surface area (Å²) in [5, 5.41) is 3.63. The average molecular weight is 418 g/mol. The van der Waals surface area contributed by atoms with E-state index in [1.54, 1.807) is 0 Å². The molecule has 2 aromatic rings. The van der Waals surface area contributed by atoms with E-state index in [1.165, 1.54) is 23.3 Å². The van der Waals surface area contributed by atoms with Crippen LogP contribution in [-0.4, -0.2) is 53.5 Å². The van der Waals surface area contributed by atoms with Gasteiger partial charge in [-0.15, -0.1) is 11.3 Å². The first-order valence-electron chi connectivity index (χ1n) is 9.64. The van der Waals surface area contributed by atoms with Crippen molar-refractivity contribution < 1.29 is 19.1 Å². The predicted octanol–water partition coefficient (Wildman–Crippen LogP) is 2.67. The van der Waals surface area contributed by atoms with Crippen LogP contribution in [0.2, 0.25) is 0 Å². The fraction of sp³-hybridized carbons (Fsp3) is 0.476. The van der Waals surface area contributed by atoms with Crippen LogP contribution in [0.5, 0.6) is 0 Å². The van der Waals surface area contributed by atoms with Gasteiger partial charge in [-0.1, -0.05) is 0 Å². The van der Waals surface area contributed by atoms with Crippen molar-refractivity contribution in [2.75, 3.05) is 20.2 Å². The zero-order valence-electron chi connectivity index (χ0n) is 17.5. The molecule has 1 fully saturated rings. The smallest absolute Gasteiger partial charge is 0.341 e. The highest BCUT2D eigenvalue weighted by molar-refractivity contribution is 7.15. The topological polar surface area (TPSA) is 80.6 Å². The highest BCUT2D eigenvalue weighted by Crippen LogP contribution is 2.33. The molecule has 1 aliphatic rings. The van der Waals surface area contributed by atoms with Gasteiger partial charge in [0.05, 0.1) is 12.1 Å². The number of thiophene rings is 1. The summed E-state index contributed by atoms with van der Waals surface area (Å²) in [5.74, 6) is -1.14. The molecule has 8 heteroatoms. The Morgan fingerprint density at radius 2 is 1.79 bits per heavy atom. The number of carbonyl (C=O) groups excluding carboxylic acids is 3. The maximum atomic E-state index is 12.8. The number of nitrogens with one attached hydrogen (secondary N) is 1. The van der Waals surface area contributed by atoms with E-state index in [0.717, 1.165) is 39.7 Å². The van der Waals surface area contributed by atoms with Crippen LogP contribution in [0.25, 0.3) is 5.00 Å². The van der Waals surface area contributed by atoms with Crippen LogP contribution in [0.4, 0.5) is 0 Å². The summed E-state index contributed by atoms with van der Waals surface area (Å²) in [5.41, 5.74) is 3.38. The normalized spacial score (nSPS) is 13.3. The lowest BCUT2D eigenvalue weighted by Gasteiger charge is -2.17. The third kappa shape index (κ3) is 4.70. The van der Waals surface area contributed by atoms with Gasteiger partial charge in [0, 0.05) is 29.4 Å². The molecule has 0 atom stereocenters. The van der Waals surface area contributed by atoms with Crippen molar-refractivity contribution in [2.24, 2.45) is 0 Å². The van der Waals surface area contributed by atoms with Gasteiger partial charge in [-0.25, -0.2) is 4.79 Å². The van der Waals surface area contributed by atoms with Crippen molar-refractivity contribution in [3.05, 3.63) is 39.5 Å². The van der Waals surface area contributed by atoms with Crippen LogP contribution in [0.3, 0.4) is 0 Å². The molecule has 7 nitrogen and oxygen atoms in total. The van der Waals surface area contributed by atoms with Gasteiger partial charge >= 0.3 is 5.97 Å². The molecule has 29 heavy (non-hydrogen) atoms. The number of aromatic nitrogens is 1. The largest absolute Gasteiger partial charge is 0.452 e. The zero-order chi connectivity index (χ0) is 21.3. The van der Waals surface area contributed by atoms with Gasteiger partial charge in [0.15, 0.2) is 6.61 Å². The fourth-order valence-electron chi connectivity index (χ4n) is 3.11. The Morgan fingerprint density at radius 1 is 1.17 bits per heavy atom. The molecule has 2 amide bonds. The highest BCUT2D eigenvalue weighted by Gasteiger charge is 2.26. The minimum Gasteiger partial charge on any atom is -0.452 e. The number of hydrogen-bond acceptors (Lipinski definition) is 5. The maximum absolute atomic E-state index is 12.8. The summed E-state index contributed by atoms with van der Waals surface area (Å²) in [4.78, 5) is 39.3. The van der Waals surface area contributed by atoms with Crippen LogP contribution in [0.1, 0.15) is 45.0 Å². The Morgan fingerprint density at radius 3 is 2.38 bits per heavy atom. The van der Waals surface area contributed by atoms with Crippen LogP contribution in [0, 0.1) is 27.7 Å². The number of rotatable bonds is 7. The van der Waals surface area contributed by atoms with E-state index >= 15 is 0 Å². The molecule has 1 saturated carbocycles. The first-order valence-corrected chi connectivity index (χ1v) is 10.5. The van der Waals surface area contributed by atoms with Crippen molar-refractivity contribution in [2.45, 2.75) is 46.6 Å². The number of amides is 2. The SMILES string of the molecule is Cc1sc(-n2c(C)ccc2C)c(C(=O)OCC(=O)N(C)CC(=O)NC2CC2)c1C. The van der Waals surface area contributed by atoms with E-state index in [2.05, 4.69) is 5.32 Å². The van der Waals surface area contributed by atoms with Crippen molar-refractivity contribution in [1.82, 2.24) is 14.8 Å². The van der Waals surface area contributed by atoms with E-state index in [1.807, 2.05) is 44.4 Å². The van der Waals surface area contributed by atoms with Crippen LogP contribution >= 0.6 is 11.3 Å². The van der Waals surface area contributed by atoms with Crippen molar-refractivity contribution in [3.8, 4) is 5.00 Å². The van der Waals surface area contributed by atoms with Crippen LogP contribution in [0.15, 0.2) is 12.1 Å². The van der Waals surface area contributed by atoms with Gasteiger partial charge in [0.25, 0.3) is 5.91 Å². The van der Waals surface area contributed by atoms with Crippen molar-refractivity contribution in [3.63, 3.8) is 0 Å². The van der Waals surface area contributed by atoms with E-state index in [-0.39, 0.29) is 18.5 Å². The van der Waals surface area contributed by atoms with E-state index in [9.17, 15) is 14.4 Å². The summed E-state index contributed by atoms with van der Waals surface area (Å²) in [6.07, 6.45) is 1.98. The minimum atomic E-state index is -0.529. The number of carbonyl (C=O) groups is 3. The van der Waals surface area contributed by atoms with Crippen molar-refractivity contribution >= 4 is 29.1 Å². The lowest BCUT2D eigenvalue weighted by molar-refractivity contribution is -0.137. The summed E-state index contributed by atoms with van der Waals surface area (Å²) in [6.45, 7) is 7.37. The van der Waals surface area contributed by atoms with Gasteiger partial charge < -0.3 is 19.5 Å². The molecule has 3 rings (SSSR count). The molecular weight excluding hydrogens is 390 g/mol. The number of aryl methyl sites for hydroxylation is 3. The fourth-order valence-corrected chi connectivity index (χ4v) is 4.37. The summed E-state index contributed by atoms with van der Waals surface area (Å²) in [6, 6.07) is 4.24. The first-order chi connectivity index (χ1) is 13.7. The lowest BCUT2D eigenvalue weighted by Crippen LogP contribution is -2.40. The summed E-state index contributed by atoms with van der Waals surface area (Å²) < 4.78 is 7.36. The Bertz CT molecular complexity index is 936. The Balaban J connectivity index is 1.68. The highest BCUT2D eigenvalue weighted by atomic mass is 32.1. The van der Waals surface area contributed by atoms with Gasteiger partial charge in [0.1, 0.15) is 5.00 Å². The summed E-state index contributed by atoms with van der Waals surface area (Å²) >= 11 is 1.53. The number of likely N-dealkylation sites (N-methyl/N-ethyl adjacent to an activating group) is 1. The molecule has 1 N–H and O–H groups in total. The average Bonchev–Trinajstić information content (AvgIpc) is 3.34. The maximum Gasteiger partial charge on any atom is 0.341 e. The van der Waals surface area contributed by atoms with Crippen LogP contribution in [-0.2, 0) is 14.3 Å². The molecule has 1 aliphatic carbocycles. The number of esters is 1. The molecule has 156 valence electrons. The van der Waals surface area contributed by atoms with Crippen molar-refractivity contribution in [1.29, 1.82) is 0 Å². The molecule has 2 aromatic heterocycles. The third-order valence-electron chi connectivity index (χ3n) is 5.12. The Kier molecular flexibility index (Phi) is 6.12. The van der Waals surface area contributed by atoms with Gasteiger partial charge in [-0.05, 0) is 58.2 Å². The Hall–Kier alpha value is -2.61. The van der Waals surface area contributed by atoms with E-state index in [4.69, 9.17) is 4.74 Å². The second-order valence-corrected chi connectivity index (χ2v) is 8.79. The molecule has 0 unspecified atom stereocenters. The molecule has 0 spiro atoms. The third-order valence-corrected chi connectivity index (χ3v) is 6.31. The molecule has 0 radical (unpaired) electrons. The quantitative estimate of drug-likeness (QED) is 0.703. The molecule has 0 aliphatic heterocycles. The van der Waals surface area contributed by atoms with E-state index < -0.39 is 18.5 Å². The standard InChI is InChI=1S/C21H27N3O4S/c1-12-6-7-13(2)24(12)20-19(14(3)15(4)29-20)21(27)28-11-18(26)23(5)10-17(25)22-16-8-9-16/h6-7,16H,8-11H2,1-5H3,(H,22,25). The predicted molar refractivity (Wildman–Crippen MR) is 112 cm³/mol. The van der Waals surface area contributed by atoms with Gasteiger partial charge in [0.2, 0.25) is 5.91 Å². The van der Waals surface area contributed by atoms with Crippen LogP contribution < -0.4 is 5.32 Å². The Labute approximate surface area is 174 Å². The number of ether oxygens (including phenoxy) is 1. The summed E-state index contributed by atoms with van der Waals surface area (Å²) in [7, 11) is 1.53. The second-order valence-electron chi connectivity index (χ2n) is 7.58. The molecule has 0 bridgehead atoms. The minimum absolute atomic E-state index is 0.0452. The number of nitrogens with zero attached hydrogens (tertiary/aromatic N) is 2. The molecular formula is C21H27N3O4S. The lowest BCUT2D eigenvalue weighted by atomic mass is 10.1. The van der Waals surface area contributed by atoms with Gasteiger partial charge in [-0.3, -0.25) is 9.59 Å². The molecule has 2 heterocycles. The first kappa shape index (κ1) is 21.1. The van der Waals surface area contributed by atoms with Gasteiger partial charge in [-0.2, -0.15) is 0 Å². The number of hydrogen-bond donors (Lipinski definition) is 1. The zero-order valence-corrected chi connectivity index (χ0v) is 18.3. The second kappa shape index (κ2) is 8.41.